The summed E-state index contributed by atoms with van der Waals surface area (Å²) in [6.45, 7) is 4.86. The molecule has 0 radical (unpaired) electrons. The van der Waals surface area contributed by atoms with E-state index in [4.69, 9.17) is 4.74 Å². The largest absolute Gasteiger partial charge is 0.401 e. The van der Waals surface area contributed by atoms with Crippen molar-refractivity contribution in [3.05, 3.63) is 12.2 Å². The van der Waals surface area contributed by atoms with Crippen LogP contribution < -0.4 is 10.6 Å². The molecule has 0 heterocycles. The molecule has 0 aliphatic carbocycles. The standard InChI is InChI=1S/C10H17F3N2O2/c1-8(2)6-17-4-3-15-9(16)5-14-7-10(11,12)13/h14H,1,3-7H2,2H3,(H,15,16). The molecule has 0 aromatic heterocycles. The van der Waals surface area contributed by atoms with Gasteiger partial charge in [0.05, 0.1) is 26.3 Å². The summed E-state index contributed by atoms with van der Waals surface area (Å²) >= 11 is 0. The van der Waals surface area contributed by atoms with E-state index in [1.165, 1.54) is 0 Å². The quantitative estimate of drug-likeness (QED) is 0.498. The monoisotopic (exact) mass is 254 g/mol. The second-order valence-electron chi connectivity index (χ2n) is 3.58. The summed E-state index contributed by atoms with van der Waals surface area (Å²) in [6.07, 6.45) is -4.30. The molecule has 0 aliphatic heterocycles. The molecule has 0 aromatic carbocycles. The van der Waals surface area contributed by atoms with Crippen LogP contribution in [0.15, 0.2) is 12.2 Å². The first-order chi connectivity index (χ1) is 7.81. The Kier molecular flexibility index (Phi) is 7.56. The van der Waals surface area contributed by atoms with Crippen molar-refractivity contribution in [1.82, 2.24) is 10.6 Å². The highest BCUT2D eigenvalue weighted by Crippen LogP contribution is 2.11. The molecule has 0 rings (SSSR count). The van der Waals surface area contributed by atoms with Crippen LogP contribution in [0.4, 0.5) is 13.2 Å². The van der Waals surface area contributed by atoms with E-state index < -0.39 is 18.6 Å². The number of hydrogen-bond acceptors (Lipinski definition) is 3. The van der Waals surface area contributed by atoms with E-state index in [-0.39, 0.29) is 13.1 Å². The fraction of sp³-hybridized carbons (Fsp3) is 0.700. The molecule has 0 fully saturated rings. The topological polar surface area (TPSA) is 50.4 Å². The zero-order chi connectivity index (χ0) is 13.3. The molecule has 0 bridgehead atoms. The Morgan fingerprint density at radius 3 is 2.59 bits per heavy atom. The third-order valence-corrected chi connectivity index (χ3v) is 1.53. The van der Waals surface area contributed by atoms with Gasteiger partial charge >= 0.3 is 6.18 Å². The lowest BCUT2D eigenvalue weighted by molar-refractivity contribution is -0.128. The van der Waals surface area contributed by atoms with Crippen molar-refractivity contribution in [2.75, 3.05) is 32.8 Å². The van der Waals surface area contributed by atoms with Crippen LogP contribution >= 0.6 is 0 Å². The van der Waals surface area contributed by atoms with E-state index >= 15 is 0 Å². The summed E-state index contributed by atoms with van der Waals surface area (Å²) in [5, 5.41) is 4.41. The van der Waals surface area contributed by atoms with E-state index in [0.29, 0.717) is 13.2 Å². The van der Waals surface area contributed by atoms with Gasteiger partial charge in [0.25, 0.3) is 0 Å². The minimum atomic E-state index is -4.30. The van der Waals surface area contributed by atoms with Gasteiger partial charge in [0.1, 0.15) is 0 Å². The third-order valence-electron chi connectivity index (χ3n) is 1.53. The SMILES string of the molecule is C=C(C)COCCNC(=O)CNCC(F)(F)F. The molecule has 0 saturated carbocycles. The summed E-state index contributed by atoms with van der Waals surface area (Å²) in [5.74, 6) is -0.492. The molecular weight excluding hydrogens is 237 g/mol. The normalized spacial score (nSPS) is 11.3. The van der Waals surface area contributed by atoms with Gasteiger partial charge in [-0.25, -0.2) is 0 Å². The van der Waals surface area contributed by atoms with Gasteiger partial charge in [-0.2, -0.15) is 13.2 Å². The molecule has 0 unspecified atom stereocenters. The lowest BCUT2D eigenvalue weighted by Crippen LogP contribution is -2.39. The van der Waals surface area contributed by atoms with Crippen molar-refractivity contribution in [3.8, 4) is 0 Å². The first-order valence-corrected chi connectivity index (χ1v) is 5.07. The summed E-state index contributed by atoms with van der Waals surface area (Å²) in [7, 11) is 0. The van der Waals surface area contributed by atoms with Crippen molar-refractivity contribution in [2.45, 2.75) is 13.1 Å². The lowest BCUT2D eigenvalue weighted by Gasteiger charge is -2.09. The van der Waals surface area contributed by atoms with Gasteiger partial charge in [-0.3, -0.25) is 4.79 Å². The van der Waals surface area contributed by atoms with Crippen LogP contribution in [0, 0.1) is 0 Å². The summed E-state index contributed by atoms with van der Waals surface area (Å²) in [5.41, 5.74) is 0.864. The molecule has 7 heteroatoms. The molecule has 17 heavy (non-hydrogen) atoms. The Hall–Kier alpha value is -1.08. The zero-order valence-corrected chi connectivity index (χ0v) is 9.69. The molecule has 0 aromatic rings. The maximum Gasteiger partial charge on any atom is 0.401 e. The van der Waals surface area contributed by atoms with Crippen LogP contribution in [0.1, 0.15) is 6.92 Å². The third kappa shape index (κ3) is 12.9. The van der Waals surface area contributed by atoms with Crippen molar-refractivity contribution in [3.63, 3.8) is 0 Å². The molecule has 0 atom stereocenters. The van der Waals surface area contributed by atoms with Crippen LogP contribution in [-0.4, -0.2) is 44.9 Å². The molecule has 100 valence electrons. The highest BCUT2D eigenvalue weighted by Gasteiger charge is 2.26. The number of carbonyl (C=O) groups is 1. The minimum Gasteiger partial charge on any atom is -0.375 e. The second-order valence-corrected chi connectivity index (χ2v) is 3.58. The molecule has 0 spiro atoms. The van der Waals surface area contributed by atoms with Crippen molar-refractivity contribution in [1.29, 1.82) is 0 Å². The number of ether oxygens (including phenoxy) is 1. The van der Waals surface area contributed by atoms with E-state index in [1.807, 2.05) is 5.32 Å². The van der Waals surface area contributed by atoms with Crippen LogP contribution in [0.3, 0.4) is 0 Å². The number of carbonyl (C=O) groups excluding carboxylic acids is 1. The molecule has 0 aliphatic rings. The highest BCUT2D eigenvalue weighted by atomic mass is 19.4. The van der Waals surface area contributed by atoms with E-state index in [1.54, 1.807) is 6.92 Å². The van der Waals surface area contributed by atoms with E-state index in [9.17, 15) is 18.0 Å². The fourth-order valence-corrected chi connectivity index (χ4v) is 0.889. The lowest BCUT2D eigenvalue weighted by atomic mass is 10.4. The summed E-state index contributed by atoms with van der Waals surface area (Å²) < 4.78 is 40.2. The smallest absolute Gasteiger partial charge is 0.375 e. The number of halogens is 3. The van der Waals surface area contributed by atoms with E-state index in [0.717, 1.165) is 5.57 Å². The van der Waals surface area contributed by atoms with Crippen molar-refractivity contribution >= 4 is 5.91 Å². The minimum absolute atomic E-state index is 0.264. The van der Waals surface area contributed by atoms with E-state index in [2.05, 4.69) is 11.9 Å². The van der Waals surface area contributed by atoms with Gasteiger partial charge in [-0.05, 0) is 6.92 Å². The Morgan fingerprint density at radius 2 is 2.06 bits per heavy atom. The predicted octanol–water partition coefficient (Wildman–Crippen LogP) is 0.847. The Bertz CT molecular complexity index is 254. The molecule has 4 nitrogen and oxygen atoms in total. The average molecular weight is 254 g/mol. The van der Waals surface area contributed by atoms with Crippen LogP contribution in [-0.2, 0) is 9.53 Å². The van der Waals surface area contributed by atoms with Crippen LogP contribution in [0.5, 0.6) is 0 Å². The number of alkyl halides is 3. The second kappa shape index (κ2) is 8.08. The molecular formula is C10H17F3N2O2. The van der Waals surface area contributed by atoms with Gasteiger partial charge in [-0.1, -0.05) is 12.2 Å². The number of rotatable bonds is 8. The highest BCUT2D eigenvalue weighted by molar-refractivity contribution is 5.77. The Balaban J connectivity index is 3.38. The maximum absolute atomic E-state index is 11.7. The van der Waals surface area contributed by atoms with Crippen molar-refractivity contribution in [2.24, 2.45) is 0 Å². The maximum atomic E-state index is 11.7. The van der Waals surface area contributed by atoms with Gasteiger partial charge in [0.15, 0.2) is 0 Å². The molecule has 2 N–H and O–H groups in total. The van der Waals surface area contributed by atoms with Gasteiger partial charge < -0.3 is 15.4 Å². The van der Waals surface area contributed by atoms with Crippen LogP contribution in [0.2, 0.25) is 0 Å². The summed E-state index contributed by atoms with van der Waals surface area (Å²) in [4.78, 5) is 11.0. The number of hydrogen-bond donors (Lipinski definition) is 2. The zero-order valence-electron chi connectivity index (χ0n) is 9.69. The van der Waals surface area contributed by atoms with Gasteiger partial charge in [0, 0.05) is 6.54 Å². The van der Waals surface area contributed by atoms with Crippen molar-refractivity contribution < 1.29 is 22.7 Å². The predicted molar refractivity (Wildman–Crippen MR) is 57.6 cm³/mol. The van der Waals surface area contributed by atoms with Gasteiger partial charge in [0.2, 0.25) is 5.91 Å². The van der Waals surface area contributed by atoms with Gasteiger partial charge in [-0.15, -0.1) is 0 Å². The summed E-state index contributed by atoms with van der Waals surface area (Å²) in [6, 6.07) is 0. The fourth-order valence-electron chi connectivity index (χ4n) is 0.889. The number of nitrogens with one attached hydrogen (secondary N) is 2. The van der Waals surface area contributed by atoms with Crippen LogP contribution in [0.25, 0.3) is 0 Å². The average Bonchev–Trinajstić information content (AvgIpc) is 2.14. The Labute approximate surface area is 98.2 Å². The molecule has 0 saturated heterocycles. The Morgan fingerprint density at radius 1 is 1.41 bits per heavy atom. The first-order valence-electron chi connectivity index (χ1n) is 5.07. The first kappa shape index (κ1) is 15.9. The number of amides is 1. The molecule has 1 amide bonds.